The maximum atomic E-state index is 14.9. The quantitative estimate of drug-likeness (QED) is 0.747. The number of ether oxygens (including phenoxy) is 2. The van der Waals surface area contributed by atoms with Crippen LogP contribution < -0.4 is 0 Å². The largest absolute Gasteiger partial charge is 0.376 e. The number of Topliss-reactive ketones (excluding diaryl/α,β-unsaturated/α-hetero) is 1. The summed E-state index contributed by atoms with van der Waals surface area (Å²) >= 11 is 0.889. The number of rotatable bonds is 8. The lowest BCUT2D eigenvalue weighted by Crippen LogP contribution is -2.44. The molecular weight excluding hydrogens is 367 g/mol. The van der Waals surface area contributed by atoms with Crippen LogP contribution in [0.5, 0.6) is 0 Å². The van der Waals surface area contributed by atoms with E-state index < -0.39 is 28.2 Å². The lowest BCUT2D eigenvalue weighted by molar-refractivity contribution is -0.136. The minimum absolute atomic E-state index is 0.176. The molecule has 0 bridgehead atoms. The predicted octanol–water partition coefficient (Wildman–Crippen LogP) is 3.52. The summed E-state index contributed by atoms with van der Waals surface area (Å²) in [5.41, 5.74) is 1.90. The smallest absolute Gasteiger partial charge is 0.203 e. The van der Waals surface area contributed by atoms with E-state index in [9.17, 15) is 14.3 Å². The molecule has 2 aromatic carbocycles. The standard InChI is InChI=1S/C21H23FO4S/c1-15(23)21(24)20(22)19(26-13-17-10-6-3-7-11-17)18(27-21)14-25-12-16-8-4-2-5-9-16/h2-11,18-20,24H,12-14H2,1H3/t18-,19+,20+,21-/m0/s1. The second kappa shape index (κ2) is 8.97. The molecule has 1 fully saturated rings. The van der Waals surface area contributed by atoms with Crippen LogP contribution in [0.4, 0.5) is 4.39 Å². The third-order valence-electron chi connectivity index (χ3n) is 4.54. The van der Waals surface area contributed by atoms with Gasteiger partial charge in [-0.3, -0.25) is 4.79 Å². The Bertz CT molecular complexity index is 742. The van der Waals surface area contributed by atoms with Crippen LogP contribution in [0.2, 0.25) is 0 Å². The highest BCUT2D eigenvalue weighted by molar-refractivity contribution is 8.02. The van der Waals surface area contributed by atoms with E-state index in [0.29, 0.717) is 6.61 Å². The highest BCUT2D eigenvalue weighted by Crippen LogP contribution is 2.46. The molecule has 1 heterocycles. The first kappa shape index (κ1) is 20.0. The molecule has 144 valence electrons. The third kappa shape index (κ3) is 4.76. The van der Waals surface area contributed by atoms with Crippen LogP contribution in [0.1, 0.15) is 18.1 Å². The molecule has 1 aliphatic heterocycles. The third-order valence-corrected chi connectivity index (χ3v) is 6.12. The van der Waals surface area contributed by atoms with Gasteiger partial charge < -0.3 is 14.6 Å². The van der Waals surface area contributed by atoms with Gasteiger partial charge in [-0.05, 0) is 18.1 Å². The molecule has 4 atom stereocenters. The van der Waals surface area contributed by atoms with Crippen LogP contribution in [0.15, 0.2) is 60.7 Å². The molecule has 0 aliphatic carbocycles. The number of thioether (sulfide) groups is 1. The summed E-state index contributed by atoms with van der Waals surface area (Å²) in [5, 5.41) is 10.0. The lowest BCUT2D eigenvalue weighted by Gasteiger charge is -2.23. The van der Waals surface area contributed by atoms with Gasteiger partial charge in [0.25, 0.3) is 0 Å². The van der Waals surface area contributed by atoms with E-state index in [1.807, 2.05) is 60.7 Å². The maximum Gasteiger partial charge on any atom is 0.203 e. The zero-order valence-electron chi connectivity index (χ0n) is 15.1. The number of alkyl halides is 1. The summed E-state index contributed by atoms with van der Waals surface area (Å²) in [6.45, 7) is 1.95. The molecule has 4 nitrogen and oxygen atoms in total. The van der Waals surface area contributed by atoms with Crippen LogP contribution in [0, 0.1) is 0 Å². The number of carbonyl (C=O) groups is 1. The Morgan fingerprint density at radius 3 is 2.19 bits per heavy atom. The van der Waals surface area contributed by atoms with Crippen LogP contribution in [-0.4, -0.2) is 40.0 Å². The number of benzene rings is 2. The number of aliphatic hydroxyl groups is 1. The fourth-order valence-corrected chi connectivity index (χ4v) is 4.41. The topological polar surface area (TPSA) is 55.8 Å². The van der Waals surface area contributed by atoms with Crippen molar-refractivity contribution in [3.8, 4) is 0 Å². The summed E-state index contributed by atoms with van der Waals surface area (Å²) in [5.74, 6) is -0.612. The predicted molar refractivity (Wildman–Crippen MR) is 103 cm³/mol. The van der Waals surface area contributed by atoms with E-state index in [0.717, 1.165) is 22.9 Å². The first-order valence-electron chi connectivity index (χ1n) is 8.83. The average Bonchev–Trinajstić information content (AvgIpc) is 2.93. The summed E-state index contributed by atoms with van der Waals surface area (Å²) in [6.07, 6.45) is -2.74. The summed E-state index contributed by atoms with van der Waals surface area (Å²) in [4.78, 5) is 9.74. The van der Waals surface area contributed by atoms with Gasteiger partial charge in [0.2, 0.25) is 4.93 Å². The van der Waals surface area contributed by atoms with Gasteiger partial charge in [0.1, 0.15) is 6.10 Å². The van der Waals surface area contributed by atoms with Crippen LogP contribution in [0.3, 0.4) is 0 Å². The van der Waals surface area contributed by atoms with E-state index in [2.05, 4.69) is 0 Å². The van der Waals surface area contributed by atoms with Crippen molar-refractivity contribution in [1.82, 2.24) is 0 Å². The zero-order chi connectivity index (χ0) is 19.3. The number of carbonyl (C=O) groups excluding carboxylic acids is 1. The molecular formula is C21H23FO4S. The molecule has 0 amide bonds. The molecule has 1 aliphatic rings. The Kier molecular flexibility index (Phi) is 6.65. The highest BCUT2D eigenvalue weighted by Gasteiger charge is 2.58. The van der Waals surface area contributed by atoms with E-state index in [1.165, 1.54) is 6.92 Å². The van der Waals surface area contributed by atoms with Crippen molar-refractivity contribution >= 4 is 17.5 Å². The average molecular weight is 390 g/mol. The van der Waals surface area contributed by atoms with Gasteiger partial charge in [-0.1, -0.05) is 60.7 Å². The molecule has 0 spiro atoms. The van der Waals surface area contributed by atoms with Crippen molar-refractivity contribution in [3.63, 3.8) is 0 Å². The van der Waals surface area contributed by atoms with E-state index >= 15 is 0 Å². The van der Waals surface area contributed by atoms with Crippen molar-refractivity contribution < 1.29 is 23.8 Å². The van der Waals surface area contributed by atoms with Crippen LogP contribution in [-0.2, 0) is 27.5 Å². The Labute approximate surface area is 162 Å². The molecule has 2 aromatic rings. The molecule has 0 aromatic heterocycles. The SMILES string of the molecule is CC(=O)[C@]1(O)S[C@@H](COCc2ccccc2)[C@@H](OCc2ccccc2)[C@H]1F. The van der Waals surface area contributed by atoms with Gasteiger partial charge >= 0.3 is 0 Å². The zero-order valence-corrected chi connectivity index (χ0v) is 15.9. The molecule has 1 saturated heterocycles. The summed E-state index contributed by atoms with van der Waals surface area (Å²) < 4.78 is 26.4. The fraction of sp³-hybridized carbons (Fsp3) is 0.381. The Hall–Kier alpha value is -1.73. The molecule has 3 rings (SSSR count). The number of hydrogen-bond acceptors (Lipinski definition) is 5. The van der Waals surface area contributed by atoms with Crippen molar-refractivity contribution in [2.24, 2.45) is 0 Å². The Balaban J connectivity index is 1.65. The highest BCUT2D eigenvalue weighted by atomic mass is 32.2. The molecule has 1 N–H and O–H groups in total. The first-order chi connectivity index (χ1) is 13.0. The van der Waals surface area contributed by atoms with Gasteiger partial charge in [-0.2, -0.15) is 0 Å². The first-order valence-corrected chi connectivity index (χ1v) is 9.71. The molecule has 0 unspecified atom stereocenters. The maximum absolute atomic E-state index is 14.9. The number of hydrogen-bond donors (Lipinski definition) is 1. The Morgan fingerprint density at radius 1 is 1.07 bits per heavy atom. The fourth-order valence-electron chi connectivity index (χ4n) is 3.01. The van der Waals surface area contributed by atoms with E-state index in [1.54, 1.807) is 0 Å². The normalized spacial score (nSPS) is 27.6. The summed E-state index contributed by atoms with van der Waals surface area (Å²) in [6, 6.07) is 19.0. The summed E-state index contributed by atoms with van der Waals surface area (Å²) in [7, 11) is 0. The van der Waals surface area contributed by atoms with E-state index in [-0.39, 0.29) is 13.2 Å². The molecule has 6 heteroatoms. The van der Waals surface area contributed by atoms with Gasteiger partial charge in [-0.15, -0.1) is 11.8 Å². The minimum atomic E-state index is -2.10. The Morgan fingerprint density at radius 2 is 1.63 bits per heavy atom. The van der Waals surface area contributed by atoms with Crippen molar-refractivity contribution in [3.05, 3.63) is 71.8 Å². The molecule has 0 radical (unpaired) electrons. The van der Waals surface area contributed by atoms with E-state index in [4.69, 9.17) is 9.47 Å². The van der Waals surface area contributed by atoms with Gasteiger partial charge in [0, 0.05) is 0 Å². The second-order valence-electron chi connectivity index (χ2n) is 6.57. The van der Waals surface area contributed by atoms with Crippen molar-refractivity contribution in [2.45, 2.75) is 42.6 Å². The lowest BCUT2D eigenvalue weighted by atomic mass is 10.0. The van der Waals surface area contributed by atoms with Crippen LogP contribution >= 0.6 is 11.8 Å². The van der Waals surface area contributed by atoms with Crippen molar-refractivity contribution in [1.29, 1.82) is 0 Å². The number of ketones is 1. The van der Waals surface area contributed by atoms with Crippen LogP contribution in [0.25, 0.3) is 0 Å². The molecule has 0 saturated carbocycles. The van der Waals surface area contributed by atoms with Gasteiger partial charge in [0.15, 0.2) is 12.0 Å². The minimum Gasteiger partial charge on any atom is -0.376 e. The molecule has 27 heavy (non-hydrogen) atoms. The number of halogens is 1. The van der Waals surface area contributed by atoms with Gasteiger partial charge in [0.05, 0.1) is 25.1 Å². The van der Waals surface area contributed by atoms with Crippen molar-refractivity contribution in [2.75, 3.05) is 6.61 Å². The second-order valence-corrected chi connectivity index (χ2v) is 8.04. The monoisotopic (exact) mass is 390 g/mol. The van der Waals surface area contributed by atoms with Gasteiger partial charge in [-0.25, -0.2) is 4.39 Å².